The molecule has 0 radical (unpaired) electrons. The first-order valence-electron chi connectivity index (χ1n) is 13.9. The minimum atomic E-state index is -5.13. The van der Waals surface area contributed by atoms with Crippen LogP contribution in [0.25, 0.3) is 0 Å². The lowest BCUT2D eigenvalue weighted by Gasteiger charge is -2.37. The summed E-state index contributed by atoms with van der Waals surface area (Å²) in [4.78, 5) is 54.8. The highest BCUT2D eigenvalue weighted by atomic mass is 19.4. The average Bonchev–Trinajstić information content (AvgIpc) is 3.36. The van der Waals surface area contributed by atoms with Crippen molar-refractivity contribution in [3.63, 3.8) is 0 Å². The summed E-state index contributed by atoms with van der Waals surface area (Å²) < 4.78 is 45.1. The minimum Gasteiger partial charge on any atom is -0.445 e. The third-order valence-corrected chi connectivity index (χ3v) is 7.41. The number of ether oxygens (including phenoxy) is 1. The van der Waals surface area contributed by atoms with Crippen molar-refractivity contribution in [2.75, 3.05) is 13.6 Å². The molecule has 0 saturated heterocycles. The van der Waals surface area contributed by atoms with Gasteiger partial charge >= 0.3 is 12.3 Å². The first-order chi connectivity index (χ1) is 19.7. The Balaban J connectivity index is 1.85. The lowest BCUT2D eigenvalue weighted by Crippen LogP contribution is -2.58. The van der Waals surface area contributed by atoms with Gasteiger partial charge in [-0.1, -0.05) is 82.3 Å². The summed E-state index contributed by atoms with van der Waals surface area (Å²) in [5.41, 5.74) is 2.75. The predicted molar refractivity (Wildman–Crippen MR) is 150 cm³/mol. The van der Waals surface area contributed by atoms with Gasteiger partial charge in [-0.2, -0.15) is 13.2 Å². The van der Waals surface area contributed by atoms with E-state index in [0.29, 0.717) is 12.8 Å². The second kappa shape index (κ2) is 13.8. The quantitative estimate of drug-likeness (QED) is 0.415. The number of nitrogens with one attached hydrogen (secondary N) is 1. The van der Waals surface area contributed by atoms with Crippen LogP contribution in [0.3, 0.4) is 0 Å². The first kappa shape index (κ1) is 32.6. The second-order valence-electron chi connectivity index (χ2n) is 11.3. The van der Waals surface area contributed by atoms with Crippen LogP contribution < -0.4 is 5.32 Å². The summed E-state index contributed by atoms with van der Waals surface area (Å²) in [6.07, 6.45) is -5.01. The summed E-state index contributed by atoms with van der Waals surface area (Å²) in [6, 6.07) is 13.3. The zero-order valence-corrected chi connectivity index (χ0v) is 24.5. The standard InChI is InChI=1S/C31H38F3N3O5/c1-19(2)26(28(39)31(32,33)34)35-25(38)17-37(24-15-22-13-9-10-14-23(22)16-24)29(40)27(20(3)4)36(5)30(41)42-18-21-11-7-6-8-12-21/h6-14,19-20,24,26-27H,15-18H2,1-5H3,(H,35,38)/t26?,27-/m0/s1. The second-order valence-corrected chi connectivity index (χ2v) is 11.3. The molecular weight excluding hydrogens is 551 g/mol. The predicted octanol–water partition coefficient (Wildman–Crippen LogP) is 4.55. The van der Waals surface area contributed by atoms with Crippen molar-refractivity contribution in [2.45, 2.75) is 71.4 Å². The van der Waals surface area contributed by atoms with Crippen molar-refractivity contribution in [3.8, 4) is 0 Å². The van der Waals surface area contributed by atoms with Crippen LogP contribution in [-0.2, 0) is 38.6 Å². The smallest absolute Gasteiger partial charge is 0.445 e. The van der Waals surface area contributed by atoms with E-state index in [1.54, 1.807) is 26.0 Å². The molecule has 2 aromatic rings. The lowest BCUT2D eigenvalue weighted by atomic mass is 9.98. The largest absolute Gasteiger partial charge is 0.452 e. The fourth-order valence-electron chi connectivity index (χ4n) is 5.23. The Morgan fingerprint density at radius 2 is 1.45 bits per heavy atom. The number of fused-ring (bicyclic) bond motifs is 1. The number of amides is 3. The van der Waals surface area contributed by atoms with Crippen LogP contribution in [0.2, 0.25) is 0 Å². The van der Waals surface area contributed by atoms with Crippen LogP contribution in [0.5, 0.6) is 0 Å². The van der Waals surface area contributed by atoms with Crippen LogP contribution in [0.4, 0.5) is 18.0 Å². The number of hydrogen-bond donors (Lipinski definition) is 1. The molecule has 0 saturated carbocycles. The van der Waals surface area contributed by atoms with Gasteiger partial charge in [-0.05, 0) is 41.4 Å². The van der Waals surface area contributed by atoms with Gasteiger partial charge in [0.05, 0.1) is 12.6 Å². The fourth-order valence-corrected chi connectivity index (χ4v) is 5.23. The van der Waals surface area contributed by atoms with E-state index in [-0.39, 0.29) is 6.61 Å². The molecule has 2 atom stereocenters. The van der Waals surface area contributed by atoms with Gasteiger partial charge in [0.2, 0.25) is 11.8 Å². The number of nitrogens with zero attached hydrogens (tertiary/aromatic N) is 2. The molecule has 1 aliphatic rings. The van der Waals surface area contributed by atoms with Crippen molar-refractivity contribution >= 4 is 23.7 Å². The first-order valence-corrected chi connectivity index (χ1v) is 13.9. The van der Waals surface area contributed by atoms with E-state index in [4.69, 9.17) is 4.74 Å². The summed E-state index contributed by atoms with van der Waals surface area (Å²) in [5, 5.41) is 2.20. The molecule has 0 heterocycles. The Morgan fingerprint density at radius 3 is 1.95 bits per heavy atom. The third-order valence-electron chi connectivity index (χ3n) is 7.41. The van der Waals surface area contributed by atoms with E-state index in [2.05, 4.69) is 5.32 Å². The van der Waals surface area contributed by atoms with Crippen molar-refractivity contribution in [3.05, 3.63) is 71.3 Å². The van der Waals surface area contributed by atoms with Crippen molar-refractivity contribution in [2.24, 2.45) is 11.8 Å². The molecule has 2 aromatic carbocycles. The Morgan fingerprint density at radius 1 is 0.905 bits per heavy atom. The van der Waals surface area contributed by atoms with E-state index in [9.17, 15) is 32.3 Å². The molecule has 1 unspecified atom stereocenters. The average molecular weight is 590 g/mol. The normalized spacial score (nSPS) is 14.7. The Bertz CT molecular complexity index is 1240. The van der Waals surface area contributed by atoms with Gasteiger partial charge in [-0.3, -0.25) is 19.3 Å². The molecule has 0 aliphatic heterocycles. The zero-order chi connectivity index (χ0) is 31.2. The molecule has 0 aromatic heterocycles. The zero-order valence-electron chi connectivity index (χ0n) is 24.5. The third kappa shape index (κ3) is 8.10. The van der Waals surface area contributed by atoms with Crippen LogP contribution in [0.1, 0.15) is 44.4 Å². The maximum absolute atomic E-state index is 14.1. The molecule has 0 spiro atoms. The minimum absolute atomic E-state index is 0.00308. The number of likely N-dealkylation sites (N-methyl/N-ethyl adjacent to an activating group) is 1. The number of rotatable bonds is 11. The van der Waals surface area contributed by atoms with Crippen LogP contribution in [-0.4, -0.2) is 71.4 Å². The Hall–Kier alpha value is -3.89. The summed E-state index contributed by atoms with van der Waals surface area (Å²) in [5.74, 6) is -4.72. The number of hydrogen-bond acceptors (Lipinski definition) is 5. The summed E-state index contributed by atoms with van der Waals surface area (Å²) >= 11 is 0. The maximum Gasteiger partial charge on any atom is 0.452 e. The Kier molecular flexibility index (Phi) is 10.8. The molecule has 42 heavy (non-hydrogen) atoms. The number of benzene rings is 2. The molecule has 3 amide bonds. The highest BCUT2D eigenvalue weighted by Gasteiger charge is 2.45. The highest BCUT2D eigenvalue weighted by Crippen LogP contribution is 2.28. The molecule has 228 valence electrons. The number of carbonyl (C=O) groups excluding carboxylic acids is 4. The number of halogens is 3. The van der Waals surface area contributed by atoms with Gasteiger partial charge in [0.15, 0.2) is 0 Å². The molecule has 3 rings (SSSR count). The van der Waals surface area contributed by atoms with Gasteiger partial charge in [0.1, 0.15) is 12.6 Å². The van der Waals surface area contributed by atoms with E-state index in [1.165, 1.54) is 30.7 Å². The molecule has 0 fully saturated rings. The molecule has 1 aliphatic carbocycles. The van der Waals surface area contributed by atoms with Crippen LogP contribution >= 0.6 is 0 Å². The molecule has 8 nitrogen and oxygen atoms in total. The molecule has 0 bridgehead atoms. The highest BCUT2D eigenvalue weighted by molar-refractivity contribution is 5.95. The molecule has 1 N–H and O–H groups in total. The van der Waals surface area contributed by atoms with Gasteiger partial charge in [-0.15, -0.1) is 0 Å². The van der Waals surface area contributed by atoms with Crippen LogP contribution in [0.15, 0.2) is 54.6 Å². The van der Waals surface area contributed by atoms with Crippen molar-refractivity contribution < 1.29 is 37.1 Å². The Labute approximate surface area is 244 Å². The fraction of sp³-hybridized carbons (Fsp3) is 0.484. The topological polar surface area (TPSA) is 96.0 Å². The van der Waals surface area contributed by atoms with E-state index < -0.39 is 66.4 Å². The van der Waals surface area contributed by atoms with E-state index >= 15 is 0 Å². The molecule has 11 heteroatoms. The summed E-state index contributed by atoms with van der Waals surface area (Å²) in [7, 11) is 1.44. The van der Waals surface area contributed by atoms with Gasteiger partial charge in [0, 0.05) is 13.1 Å². The SMILES string of the molecule is CC(C)C(NC(=O)CN(C(=O)[C@H](C(C)C)N(C)C(=O)OCc1ccccc1)C1Cc2ccccc2C1)C(=O)C(F)(F)F. The molecular formula is C31H38F3N3O5. The lowest BCUT2D eigenvalue weighted by molar-refractivity contribution is -0.175. The van der Waals surface area contributed by atoms with E-state index in [0.717, 1.165) is 16.7 Å². The van der Waals surface area contributed by atoms with Gasteiger partial charge in [0.25, 0.3) is 5.78 Å². The number of ketones is 1. The van der Waals surface area contributed by atoms with Gasteiger partial charge < -0.3 is 15.0 Å². The van der Waals surface area contributed by atoms with Gasteiger partial charge in [-0.25, -0.2) is 4.79 Å². The van der Waals surface area contributed by atoms with Crippen LogP contribution in [0, 0.1) is 11.8 Å². The van der Waals surface area contributed by atoms with E-state index in [1.807, 2.05) is 42.5 Å². The summed E-state index contributed by atoms with van der Waals surface area (Å²) in [6.45, 7) is 5.72. The number of Topliss-reactive ketones (excluding diaryl/α,β-unsaturated/α-hetero) is 1. The van der Waals surface area contributed by atoms with Crippen molar-refractivity contribution in [1.82, 2.24) is 15.1 Å². The maximum atomic E-state index is 14.1. The van der Waals surface area contributed by atoms with Crippen molar-refractivity contribution in [1.29, 1.82) is 0 Å². The number of alkyl halides is 3. The monoisotopic (exact) mass is 589 g/mol. The number of carbonyl (C=O) groups is 4.